The van der Waals surface area contributed by atoms with Crippen LogP contribution in [0.2, 0.25) is 20.1 Å². The molecule has 0 amide bonds. The zero-order valence-corrected chi connectivity index (χ0v) is 39.2. The molecule has 0 spiro atoms. The van der Waals surface area contributed by atoms with Crippen molar-refractivity contribution >= 4 is 70.6 Å². The van der Waals surface area contributed by atoms with Crippen molar-refractivity contribution in [3.8, 4) is 17.2 Å². The molecule has 19 heteroatoms. The summed E-state index contributed by atoms with van der Waals surface area (Å²) >= 11 is 26.6. The Bertz CT molecular complexity index is 1700. The van der Waals surface area contributed by atoms with Gasteiger partial charge in [0.15, 0.2) is 19.4 Å². The van der Waals surface area contributed by atoms with Gasteiger partial charge in [-0.05, 0) is 80.7 Å². The Morgan fingerprint density at radius 1 is 0.742 bits per heavy atom. The van der Waals surface area contributed by atoms with Gasteiger partial charge in [-0.15, -0.1) is 0 Å². The third-order valence-electron chi connectivity index (χ3n) is 6.55. The minimum absolute atomic E-state index is 0. The number of nitrogens with zero attached hydrogens (tertiary/aromatic N) is 1. The van der Waals surface area contributed by atoms with E-state index in [9.17, 15) is 31.5 Å². The Morgan fingerprint density at radius 3 is 1.45 bits per heavy atom. The summed E-state index contributed by atoms with van der Waals surface area (Å²) in [4.78, 5) is 23.2. The van der Waals surface area contributed by atoms with Gasteiger partial charge in [-0.1, -0.05) is 106 Å². The van der Waals surface area contributed by atoms with Crippen molar-refractivity contribution in [3.05, 3.63) is 128 Å². The Morgan fingerprint density at radius 2 is 1.15 bits per heavy atom. The molecule has 0 bridgehead atoms. The van der Waals surface area contributed by atoms with Crippen molar-refractivity contribution in [1.29, 1.82) is 0 Å². The van der Waals surface area contributed by atoms with Crippen LogP contribution >= 0.6 is 58.0 Å². The van der Waals surface area contributed by atoms with Gasteiger partial charge >= 0.3 is 18.9 Å². The molecule has 0 aliphatic rings. The van der Waals surface area contributed by atoms with Crippen LogP contribution in [0.1, 0.15) is 75.6 Å². The number of rotatable bonds is 10. The Labute approximate surface area is 403 Å². The molecule has 0 aliphatic carbocycles. The second-order valence-electron chi connectivity index (χ2n) is 10.7. The fourth-order valence-corrected chi connectivity index (χ4v) is 4.15. The van der Waals surface area contributed by atoms with Crippen molar-refractivity contribution in [1.82, 2.24) is 4.90 Å². The number of phenols is 2. The number of alkyl halides is 2. The molecule has 0 unspecified atom stereocenters. The van der Waals surface area contributed by atoms with E-state index < -0.39 is 24.6 Å². The topological polar surface area (TPSA) is 106 Å². The van der Waals surface area contributed by atoms with E-state index in [1.807, 2.05) is 6.92 Å². The molecule has 4 aromatic rings. The Hall–Kier alpha value is -2.80. The molecule has 0 atom stereocenters. The molecule has 0 aromatic heterocycles. The minimum atomic E-state index is -1.00. The van der Waals surface area contributed by atoms with Gasteiger partial charge in [-0.2, -0.15) is 6.42 Å². The minimum Gasteiger partial charge on any atom is -0.508 e. The van der Waals surface area contributed by atoms with Gasteiger partial charge in [0.2, 0.25) is 0 Å². The largest absolute Gasteiger partial charge is 1.00 e. The van der Waals surface area contributed by atoms with Crippen LogP contribution in [0.5, 0.6) is 17.2 Å². The van der Waals surface area contributed by atoms with Crippen molar-refractivity contribution in [2.75, 3.05) is 53.9 Å². The number of hydrogen-bond donors (Lipinski definition) is 2. The number of carbonyl (C=O) groups excluding carboxylic acids is 2. The fourth-order valence-electron chi connectivity index (χ4n) is 3.33. The molecule has 0 saturated carbocycles. The number of benzene rings is 4. The fraction of sp³-hybridized carbons (Fsp3) is 0.372. The van der Waals surface area contributed by atoms with E-state index in [-0.39, 0.29) is 87.4 Å². The molecule has 0 fully saturated rings. The van der Waals surface area contributed by atoms with Crippen LogP contribution in [0.25, 0.3) is 0 Å². The quantitative estimate of drug-likeness (QED) is 0.0404. The molecule has 0 heterocycles. The summed E-state index contributed by atoms with van der Waals surface area (Å²) in [7, 11) is 1.98. The number of unbranched alkanes of at least 4 members (excludes halogenated alkanes) is 1. The summed E-state index contributed by atoms with van der Waals surface area (Å²) in [5.41, 5.74) is 0.747. The van der Waals surface area contributed by atoms with Crippen LogP contribution in [0.3, 0.4) is 0 Å². The van der Waals surface area contributed by atoms with Crippen LogP contribution < -0.4 is 23.6 Å². The number of methoxy groups -OCH3 is 2. The van der Waals surface area contributed by atoms with E-state index >= 15 is 0 Å². The van der Waals surface area contributed by atoms with Gasteiger partial charge in [0.1, 0.15) is 46.6 Å². The number of halogens is 10. The van der Waals surface area contributed by atoms with Gasteiger partial charge in [-0.25, -0.2) is 17.6 Å². The molecular weight excluding hydrogens is 922 g/mol. The van der Waals surface area contributed by atoms with Crippen LogP contribution in [0.15, 0.2) is 60.7 Å². The first kappa shape index (κ1) is 68.3. The summed E-state index contributed by atoms with van der Waals surface area (Å²) in [6.07, 6.45) is 3.02. The summed E-state index contributed by atoms with van der Waals surface area (Å²) in [6.45, 7) is 17.7. The number of phenolic OH excluding ortho intramolecular Hbond substituents is 2. The third-order valence-corrected chi connectivity index (χ3v) is 8.12. The monoisotopic (exact) mass is 978 g/mol. The molecule has 8 nitrogen and oxygen atoms in total. The van der Waals surface area contributed by atoms with E-state index in [2.05, 4.69) is 49.0 Å². The molecule has 4 aromatic carbocycles. The molecule has 62 heavy (non-hydrogen) atoms. The standard InChI is InChI=1S/C9H8ClFO3.C7H4ClFO2.C7H6ClF.C6H4ClFO.C6H15N.C4H9.C2H5ClO.CH3F.CH4.Li/c1-13-5-14-8-3-2-7(11)9(10)6(8)4-12;8-7-4(3-10)6(11)2-1-5(7)9;1-5-2-3-7(9)6(8)4-5;7-5-3-4(9)1-2-6(5)8;1-4-7(5-2)6-3;1-3-4-2;1-4-2-3;1-2;;/h2-4H,5H2,1H3;1-3,11H;2-4H,1H3;1-3,9H;4-6H2,1-3H3;1,3-4H2,2H3;2H2,1H3;1H3;1H4;/q;;;;;-1;;;;+1/i;;;;;;;1D;;. The van der Waals surface area contributed by atoms with Crippen LogP contribution in [0, 0.1) is 37.1 Å². The van der Waals surface area contributed by atoms with Gasteiger partial charge in [-0.3, -0.25) is 14.0 Å². The van der Waals surface area contributed by atoms with Crippen molar-refractivity contribution in [2.24, 2.45) is 0 Å². The van der Waals surface area contributed by atoms with Crippen molar-refractivity contribution in [2.45, 2.75) is 54.9 Å². The molecular formula is C43H58Cl5F5LiNO7. The molecule has 0 aliphatic heterocycles. The molecule has 4 rings (SSSR count). The smallest absolute Gasteiger partial charge is 0.508 e. The number of ether oxygens (including phenoxy) is 3. The molecule has 348 valence electrons. The predicted molar refractivity (Wildman–Crippen MR) is 242 cm³/mol. The second kappa shape index (κ2) is 46.2. The first-order chi connectivity index (χ1) is 28.9. The van der Waals surface area contributed by atoms with Crippen molar-refractivity contribution in [3.63, 3.8) is 0 Å². The van der Waals surface area contributed by atoms with E-state index in [4.69, 9.17) is 74.3 Å². The predicted octanol–water partition coefficient (Wildman–Crippen LogP) is 11.3. The van der Waals surface area contributed by atoms with E-state index in [1.54, 1.807) is 19.2 Å². The van der Waals surface area contributed by atoms with Gasteiger partial charge < -0.3 is 36.2 Å². The maximum absolute atomic E-state index is 12.9. The van der Waals surface area contributed by atoms with Crippen LogP contribution in [0.4, 0.5) is 22.0 Å². The van der Waals surface area contributed by atoms with Crippen molar-refractivity contribution < 1.29 is 76.2 Å². The number of carbonyl (C=O) groups is 2. The Kier molecular flexibility index (Phi) is 50.9. The zero-order chi connectivity index (χ0) is 47.9. The maximum atomic E-state index is 12.9. The molecule has 0 radical (unpaired) electrons. The summed E-state index contributed by atoms with van der Waals surface area (Å²) < 4.78 is 79.5. The number of aromatic hydroxyl groups is 2. The summed E-state index contributed by atoms with van der Waals surface area (Å²) in [5, 5.41) is 17.2. The van der Waals surface area contributed by atoms with E-state index in [0.717, 1.165) is 42.3 Å². The normalized spacial score (nSPS) is 9.18. The van der Waals surface area contributed by atoms with Gasteiger partial charge in [0.25, 0.3) is 0 Å². The Balaban J connectivity index is -0.000000153. The first-order valence-corrected chi connectivity index (χ1v) is 19.5. The molecule has 0 saturated heterocycles. The van der Waals surface area contributed by atoms with E-state index in [1.165, 1.54) is 51.4 Å². The van der Waals surface area contributed by atoms with Crippen LogP contribution in [-0.4, -0.2) is 81.6 Å². The first-order valence-electron chi connectivity index (χ1n) is 18.2. The average molecular weight is 981 g/mol. The maximum Gasteiger partial charge on any atom is 1.00 e. The zero-order valence-electron chi connectivity index (χ0n) is 36.5. The van der Waals surface area contributed by atoms with Crippen LogP contribution in [-0.2, 0) is 9.47 Å². The van der Waals surface area contributed by atoms with Gasteiger partial charge in [0, 0.05) is 20.3 Å². The SMILES string of the molecule is C.CCN(CC)CC.COCCl.COCOc1ccc(F)c(Cl)c1C=O.Cc1ccc(F)c(Cl)c1.O=Cc1c(O)ccc(F)c1Cl.Oc1ccc(F)c(Cl)c1.[2H]CF.[CH2-]CCC.[Li+]. The molecule has 2 N–H and O–H groups in total. The second-order valence-corrected chi connectivity index (χ2v) is 12.5. The average Bonchev–Trinajstić information content (AvgIpc) is 3.25. The third kappa shape index (κ3) is 33.7. The summed E-state index contributed by atoms with van der Waals surface area (Å²) in [6, 6.07) is 12.9. The van der Waals surface area contributed by atoms with E-state index in [0.29, 0.717) is 18.6 Å². The summed E-state index contributed by atoms with van der Waals surface area (Å²) in [5.74, 6) is -2.39. The van der Waals surface area contributed by atoms with Gasteiger partial charge in [0.05, 0.1) is 39.7 Å². The number of hydrogen-bond acceptors (Lipinski definition) is 8. The number of aryl methyl sites for hydroxylation is 1. The number of aldehydes is 2.